The summed E-state index contributed by atoms with van der Waals surface area (Å²) in [5.41, 5.74) is 3.47. The number of amides is 3. The maximum atomic E-state index is 13.7. The quantitative estimate of drug-likeness (QED) is 0.538. The fourth-order valence-corrected chi connectivity index (χ4v) is 5.00. The predicted molar refractivity (Wildman–Crippen MR) is 135 cm³/mol. The van der Waals surface area contributed by atoms with Gasteiger partial charge in [0.05, 0.1) is 12.9 Å². The van der Waals surface area contributed by atoms with Gasteiger partial charge in [0.1, 0.15) is 11.2 Å². The molecule has 3 amide bonds. The fourth-order valence-electron chi connectivity index (χ4n) is 5.00. The van der Waals surface area contributed by atoms with E-state index in [1.54, 1.807) is 16.4 Å². The summed E-state index contributed by atoms with van der Waals surface area (Å²) in [6.07, 6.45) is 3.18. The Hall–Kier alpha value is -3.94. The second-order valence-electron chi connectivity index (χ2n) is 10.1. The van der Waals surface area contributed by atoms with Crippen LogP contribution in [0.25, 0.3) is 0 Å². The summed E-state index contributed by atoms with van der Waals surface area (Å²) in [5.74, 6) is -0.939. The highest BCUT2D eigenvalue weighted by molar-refractivity contribution is 6.07. The lowest BCUT2D eigenvalue weighted by atomic mass is 9.93. The number of carbonyl (C=O) groups is 3. The number of aryl methyl sites for hydroxylation is 2. The number of fused-ring (bicyclic) bond motifs is 1. The lowest BCUT2D eigenvalue weighted by Crippen LogP contribution is -2.64. The molecule has 8 nitrogen and oxygen atoms in total. The van der Waals surface area contributed by atoms with Gasteiger partial charge in [-0.3, -0.25) is 14.4 Å². The molecule has 2 heterocycles. The molecule has 1 aliphatic heterocycles. The van der Waals surface area contributed by atoms with Crippen LogP contribution in [0.1, 0.15) is 63.0 Å². The Balaban J connectivity index is 1.36. The van der Waals surface area contributed by atoms with E-state index in [-0.39, 0.29) is 35.8 Å². The van der Waals surface area contributed by atoms with Crippen molar-refractivity contribution in [2.45, 2.75) is 64.8 Å². The van der Waals surface area contributed by atoms with E-state index in [0.717, 1.165) is 35.1 Å². The lowest BCUT2D eigenvalue weighted by molar-refractivity contribution is -0.133. The normalized spacial score (nSPS) is 19.1. The summed E-state index contributed by atoms with van der Waals surface area (Å²) in [6.45, 7) is 6.77. The van der Waals surface area contributed by atoms with E-state index in [9.17, 15) is 14.4 Å². The summed E-state index contributed by atoms with van der Waals surface area (Å²) in [7, 11) is 0. The third-order valence-electron chi connectivity index (χ3n) is 6.96. The van der Waals surface area contributed by atoms with Crippen LogP contribution in [0.4, 0.5) is 0 Å². The molecule has 2 aromatic carbocycles. The van der Waals surface area contributed by atoms with Crippen molar-refractivity contribution in [3.63, 3.8) is 0 Å². The Morgan fingerprint density at radius 3 is 2.19 bits per heavy atom. The average molecular weight is 486 g/mol. The smallest absolute Gasteiger partial charge is 0.274 e. The Morgan fingerprint density at radius 2 is 1.61 bits per heavy atom. The maximum absolute atomic E-state index is 13.7. The van der Waals surface area contributed by atoms with Gasteiger partial charge in [-0.2, -0.15) is 0 Å². The van der Waals surface area contributed by atoms with Crippen LogP contribution in [-0.4, -0.2) is 43.8 Å². The largest absolute Gasteiger partial charge is 0.350 e. The summed E-state index contributed by atoms with van der Waals surface area (Å²) in [5, 5.41) is 5.91. The van der Waals surface area contributed by atoms with E-state index >= 15 is 0 Å². The zero-order valence-corrected chi connectivity index (χ0v) is 20.9. The molecule has 3 aromatic rings. The standard InChI is InChI=1S/C28H31N5O3/c1-18-6-4-8-20(12-18)14-29-25(34)23-24-26(35)33(22-10-11-22)28(3,16-32(24)17-31-23)27(36)30-15-21-9-5-7-19(2)13-21/h4-9,12-13,17,22H,10-11,14-16H2,1-3H3,(H,29,34)(H,30,36). The van der Waals surface area contributed by atoms with Crippen LogP contribution in [0.3, 0.4) is 0 Å². The minimum Gasteiger partial charge on any atom is -0.350 e. The topological polar surface area (TPSA) is 96.3 Å². The number of hydrogen-bond donors (Lipinski definition) is 2. The van der Waals surface area contributed by atoms with Gasteiger partial charge in [-0.05, 0) is 44.7 Å². The van der Waals surface area contributed by atoms with E-state index < -0.39 is 11.4 Å². The third-order valence-corrected chi connectivity index (χ3v) is 6.96. The van der Waals surface area contributed by atoms with Crippen LogP contribution in [0, 0.1) is 13.8 Å². The molecule has 8 heteroatoms. The van der Waals surface area contributed by atoms with Crippen LogP contribution in [0.2, 0.25) is 0 Å². The van der Waals surface area contributed by atoms with Crippen molar-refractivity contribution >= 4 is 17.7 Å². The minimum absolute atomic E-state index is 0.0147. The molecule has 1 atom stereocenters. The first-order valence-electron chi connectivity index (χ1n) is 12.3. The van der Waals surface area contributed by atoms with E-state index in [1.807, 2.05) is 62.4 Å². The molecule has 36 heavy (non-hydrogen) atoms. The van der Waals surface area contributed by atoms with Gasteiger partial charge >= 0.3 is 0 Å². The molecule has 0 spiro atoms. The molecule has 2 N–H and O–H groups in total. The summed E-state index contributed by atoms with van der Waals surface area (Å²) in [6, 6.07) is 15.8. The van der Waals surface area contributed by atoms with Crippen molar-refractivity contribution in [3.8, 4) is 0 Å². The third kappa shape index (κ3) is 4.51. The van der Waals surface area contributed by atoms with E-state index in [1.165, 1.54) is 6.33 Å². The first-order chi connectivity index (χ1) is 17.3. The molecule has 1 saturated carbocycles. The fraction of sp³-hybridized carbons (Fsp3) is 0.357. The van der Waals surface area contributed by atoms with Gasteiger partial charge in [-0.1, -0.05) is 59.7 Å². The Bertz CT molecular complexity index is 1340. The number of benzene rings is 2. The van der Waals surface area contributed by atoms with Gasteiger partial charge in [-0.15, -0.1) is 0 Å². The molecule has 186 valence electrons. The van der Waals surface area contributed by atoms with Crippen molar-refractivity contribution in [1.82, 2.24) is 25.1 Å². The van der Waals surface area contributed by atoms with E-state index in [0.29, 0.717) is 13.1 Å². The SMILES string of the molecule is Cc1cccc(CNC(=O)c2ncn3c2C(=O)N(C2CC2)C(C)(C(=O)NCc2cccc(C)c2)C3)c1. The number of imidazole rings is 1. The van der Waals surface area contributed by atoms with E-state index in [2.05, 4.69) is 15.6 Å². The number of carbonyl (C=O) groups excluding carboxylic acids is 3. The first kappa shape index (κ1) is 23.8. The number of aromatic nitrogens is 2. The van der Waals surface area contributed by atoms with Crippen LogP contribution in [-0.2, 0) is 24.4 Å². The predicted octanol–water partition coefficient (Wildman–Crippen LogP) is 3.12. The first-order valence-corrected chi connectivity index (χ1v) is 12.3. The number of nitrogens with one attached hydrogen (secondary N) is 2. The Kier molecular flexibility index (Phi) is 6.12. The molecule has 1 unspecified atom stereocenters. The zero-order chi connectivity index (χ0) is 25.4. The Morgan fingerprint density at radius 1 is 1.00 bits per heavy atom. The summed E-state index contributed by atoms with van der Waals surface area (Å²) < 4.78 is 1.65. The van der Waals surface area contributed by atoms with Gasteiger partial charge in [0.25, 0.3) is 11.8 Å². The molecule has 0 radical (unpaired) electrons. The number of rotatable bonds is 7. The van der Waals surface area contributed by atoms with Crippen molar-refractivity contribution < 1.29 is 14.4 Å². The molecular weight excluding hydrogens is 454 g/mol. The second-order valence-corrected chi connectivity index (χ2v) is 10.1. The number of nitrogens with zero attached hydrogens (tertiary/aromatic N) is 3. The van der Waals surface area contributed by atoms with Gasteiger partial charge < -0.3 is 20.1 Å². The minimum atomic E-state index is -1.08. The molecule has 0 bridgehead atoms. The van der Waals surface area contributed by atoms with E-state index in [4.69, 9.17) is 0 Å². The zero-order valence-electron chi connectivity index (χ0n) is 20.9. The van der Waals surface area contributed by atoms with Crippen molar-refractivity contribution in [2.24, 2.45) is 0 Å². The van der Waals surface area contributed by atoms with Crippen LogP contribution >= 0.6 is 0 Å². The second kappa shape index (κ2) is 9.26. The molecule has 1 fully saturated rings. The summed E-state index contributed by atoms with van der Waals surface area (Å²) >= 11 is 0. The van der Waals surface area contributed by atoms with Gasteiger partial charge in [0, 0.05) is 19.1 Å². The van der Waals surface area contributed by atoms with Gasteiger partial charge in [0.2, 0.25) is 5.91 Å². The van der Waals surface area contributed by atoms with Crippen molar-refractivity contribution in [1.29, 1.82) is 0 Å². The molecule has 0 saturated heterocycles. The van der Waals surface area contributed by atoms with Crippen molar-refractivity contribution in [2.75, 3.05) is 0 Å². The highest BCUT2D eigenvalue weighted by atomic mass is 16.2. The lowest BCUT2D eigenvalue weighted by Gasteiger charge is -2.44. The molecular formula is C28H31N5O3. The molecule has 2 aliphatic rings. The average Bonchev–Trinajstić information content (AvgIpc) is 3.58. The summed E-state index contributed by atoms with van der Waals surface area (Å²) in [4.78, 5) is 46.2. The monoisotopic (exact) mass is 485 g/mol. The van der Waals surface area contributed by atoms with Crippen LogP contribution in [0.15, 0.2) is 54.9 Å². The number of hydrogen-bond acceptors (Lipinski definition) is 4. The maximum Gasteiger partial charge on any atom is 0.274 e. The van der Waals surface area contributed by atoms with Crippen LogP contribution < -0.4 is 10.6 Å². The van der Waals surface area contributed by atoms with Gasteiger partial charge in [0.15, 0.2) is 5.69 Å². The molecule has 1 aromatic heterocycles. The highest BCUT2D eigenvalue weighted by Crippen LogP contribution is 2.38. The molecule has 5 rings (SSSR count). The van der Waals surface area contributed by atoms with Gasteiger partial charge in [-0.25, -0.2) is 4.98 Å². The molecule has 1 aliphatic carbocycles. The van der Waals surface area contributed by atoms with Crippen molar-refractivity contribution in [3.05, 3.63) is 88.5 Å². The Labute approximate surface area is 210 Å². The van der Waals surface area contributed by atoms with Crippen LogP contribution in [0.5, 0.6) is 0 Å². The highest BCUT2D eigenvalue weighted by Gasteiger charge is 2.53.